The van der Waals surface area contributed by atoms with Crippen LogP contribution in [0.5, 0.6) is 0 Å². The smallest absolute Gasteiger partial charge is 0.178 e. The van der Waals surface area contributed by atoms with Crippen LogP contribution < -0.4 is 5.32 Å². The Morgan fingerprint density at radius 1 is 0.971 bits per heavy atom. The SMILES string of the molecule is CC1(C)C(=O)C(C#N)=C[C@]2(C)C3=CC(=O)[C@@H]4[C@@H]5C[C@]6(CCN6)CC[C@]5(C)CC[C@@]4(C)[C@]3(C)CC[C@@H]12. The van der Waals surface area contributed by atoms with Crippen molar-refractivity contribution in [3.05, 3.63) is 23.3 Å². The minimum Gasteiger partial charge on any atom is -0.311 e. The van der Waals surface area contributed by atoms with Crippen molar-refractivity contribution in [1.29, 1.82) is 5.26 Å². The fraction of sp³-hybridized carbons (Fsp3) is 0.774. The zero-order valence-electron chi connectivity index (χ0n) is 22.5. The first-order valence-corrected chi connectivity index (χ1v) is 14.0. The Morgan fingerprint density at radius 3 is 2.29 bits per heavy atom. The molecule has 0 aromatic heterocycles. The quantitative estimate of drug-likeness (QED) is 0.472. The molecule has 35 heavy (non-hydrogen) atoms. The molecule has 4 heteroatoms. The molecule has 1 aliphatic heterocycles. The van der Waals surface area contributed by atoms with E-state index in [1.807, 2.05) is 26.0 Å². The molecule has 6 aliphatic rings. The number of rotatable bonds is 0. The number of hydrogen-bond acceptors (Lipinski definition) is 4. The van der Waals surface area contributed by atoms with E-state index in [4.69, 9.17) is 0 Å². The zero-order chi connectivity index (χ0) is 25.2. The van der Waals surface area contributed by atoms with Crippen LogP contribution in [0.25, 0.3) is 0 Å². The van der Waals surface area contributed by atoms with E-state index >= 15 is 0 Å². The molecule has 4 fully saturated rings. The molecule has 5 aliphatic carbocycles. The lowest BCUT2D eigenvalue weighted by Crippen LogP contribution is -2.68. The van der Waals surface area contributed by atoms with E-state index < -0.39 is 10.8 Å². The molecule has 0 radical (unpaired) electrons. The summed E-state index contributed by atoms with van der Waals surface area (Å²) in [5.74, 6) is 0.873. The third kappa shape index (κ3) is 2.67. The topological polar surface area (TPSA) is 70.0 Å². The van der Waals surface area contributed by atoms with E-state index in [9.17, 15) is 14.9 Å². The van der Waals surface area contributed by atoms with Crippen molar-refractivity contribution >= 4 is 11.6 Å². The van der Waals surface area contributed by atoms with Crippen LogP contribution in [-0.2, 0) is 9.59 Å². The van der Waals surface area contributed by atoms with Crippen LogP contribution in [-0.4, -0.2) is 23.7 Å². The molecule has 1 spiro atoms. The maximum atomic E-state index is 14.3. The van der Waals surface area contributed by atoms with Gasteiger partial charge in [-0.1, -0.05) is 53.2 Å². The lowest BCUT2D eigenvalue weighted by molar-refractivity contribution is -0.169. The van der Waals surface area contributed by atoms with Crippen molar-refractivity contribution in [3.63, 3.8) is 0 Å². The molecule has 4 nitrogen and oxygen atoms in total. The number of Topliss-reactive ketones (excluding diaryl/α,β-unsaturated/α-hetero) is 1. The van der Waals surface area contributed by atoms with Gasteiger partial charge in [0.25, 0.3) is 0 Å². The van der Waals surface area contributed by atoms with E-state index in [0.717, 1.165) is 32.2 Å². The van der Waals surface area contributed by atoms with Crippen molar-refractivity contribution in [1.82, 2.24) is 5.32 Å². The highest BCUT2D eigenvalue weighted by molar-refractivity contribution is 6.04. The second kappa shape index (κ2) is 6.77. The third-order valence-electron chi connectivity index (χ3n) is 13.0. The van der Waals surface area contributed by atoms with Crippen LogP contribution in [0.2, 0.25) is 0 Å². The van der Waals surface area contributed by atoms with Gasteiger partial charge in [-0.3, -0.25) is 9.59 Å². The standard InChI is InChI=1S/C31H42N2O2/c1-26(2)22-7-8-29(5)23(28(22,4)16-19(18-32)25(26)35)15-21(34)24-20-17-31(13-14-33-31)12-10-27(20,3)9-11-30(24,29)6/h15-16,20,22,24,33H,7-14,17H2,1-6H3/t20-,22-,24-,27-,28-,29+,30+,31+/m0/s1. The van der Waals surface area contributed by atoms with Crippen molar-refractivity contribution in [2.24, 2.45) is 44.8 Å². The predicted molar refractivity (Wildman–Crippen MR) is 136 cm³/mol. The molecule has 0 aromatic rings. The van der Waals surface area contributed by atoms with Gasteiger partial charge in [0.05, 0.1) is 5.57 Å². The summed E-state index contributed by atoms with van der Waals surface area (Å²) in [5.41, 5.74) is 0.740. The van der Waals surface area contributed by atoms with Gasteiger partial charge in [-0.15, -0.1) is 0 Å². The van der Waals surface area contributed by atoms with Gasteiger partial charge in [-0.2, -0.15) is 5.26 Å². The Hall–Kier alpha value is -1.73. The number of nitriles is 1. The molecule has 0 amide bonds. The van der Waals surface area contributed by atoms with Crippen LogP contribution in [0.1, 0.15) is 92.9 Å². The van der Waals surface area contributed by atoms with E-state index in [1.165, 1.54) is 31.3 Å². The Balaban J connectivity index is 1.50. The van der Waals surface area contributed by atoms with Crippen LogP contribution >= 0.6 is 0 Å². The molecule has 1 heterocycles. The number of hydrogen-bond donors (Lipinski definition) is 1. The molecule has 0 unspecified atom stereocenters. The van der Waals surface area contributed by atoms with Crippen LogP contribution in [0.3, 0.4) is 0 Å². The average Bonchev–Trinajstić information content (AvgIpc) is 2.77. The van der Waals surface area contributed by atoms with Gasteiger partial charge in [-0.25, -0.2) is 0 Å². The summed E-state index contributed by atoms with van der Waals surface area (Å²) in [6.45, 7) is 14.7. The summed E-state index contributed by atoms with van der Waals surface area (Å²) in [4.78, 5) is 27.5. The van der Waals surface area contributed by atoms with Crippen LogP contribution in [0.4, 0.5) is 0 Å². The number of nitrogens with zero attached hydrogens (tertiary/aromatic N) is 1. The molecular weight excluding hydrogens is 432 g/mol. The Morgan fingerprint density at radius 2 is 1.66 bits per heavy atom. The lowest BCUT2D eigenvalue weighted by atomic mass is 9.34. The zero-order valence-corrected chi connectivity index (χ0v) is 22.5. The summed E-state index contributed by atoms with van der Waals surface area (Å²) < 4.78 is 0. The number of ketones is 2. The first-order chi connectivity index (χ1) is 16.3. The highest BCUT2D eigenvalue weighted by Crippen LogP contribution is 2.74. The van der Waals surface area contributed by atoms with Crippen molar-refractivity contribution in [2.75, 3.05) is 6.54 Å². The second-order valence-electron chi connectivity index (χ2n) is 14.7. The number of fused-ring (bicyclic) bond motifs is 7. The van der Waals surface area contributed by atoms with E-state index in [0.29, 0.717) is 11.7 Å². The van der Waals surface area contributed by atoms with Crippen molar-refractivity contribution < 1.29 is 9.59 Å². The summed E-state index contributed by atoms with van der Waals surface area (Å²) in [6.07, 6.45) is 13.1. The Bertz CT molecular complexity index is 1140. The number of carbonyl (C=O) groups is 2. The first kappa shape index (κ1) is 23.7. The highest BCUT2D eigenvalue weighted by atomic mass is 16.1. The number of carbonyl (C=O) groups excluding carboxylic acids is 2. The van der Waals surface area contributed by atoms with Crippen molar-refractivity contribution in [3.8, 4) is 6.07 Å². The third-order valence-corrected chi connectivity index (χ3v) is 13.0. The summed E-state index contributed by atoms with van der Waals surface area (Å²) in [6, 6.07) is 2.21. The number of nitrogens with one attached hydrogen (secondary N) is 1. The van der Waals surface area contributed by atoms with Gasteiger partial charge in [0.1, 0.15) is 6.07 Å². The van der Waals surface area contributed by atoms with Crippen LogP contribution in [0, 0.1) is 56.2 Å². The first-order valence-electron chi connectivity index (χ1n) is 14.0. The normalized spacial score (nSPS) is 52.1. The summed E-state index contributed by atoms with van der Waals surface area (Å²) >= 11 is 0. The molecule has 3 saturated carbocycles. The van der Waals surface area contributed by atoms with E-state index in [1.54, 1.807) is 0 Å². The second-order valence-corrected chi connectivity index (χ2v) is 14.7. The van der Waals surface area contributed by atoms with Crippen LogP contribution in [0.15, 0.2) is 23.3 Å². The molecule has 0 aromatic carbocycles. The molecule has 8 atom stereocenters. The average molecular weight is 475 g/mol. The fourth-order valence-corrected chi connectivity index (χ4v) is 10.5. The fourth-order valence-electron chi connectivity index (χ4n) is 10.5. The largest absolute Gasteiger partial charge is 0.311 e. The Labute approximate surface area is 211 Å². The molecule has 0 bridgehead atoms. The lowest BCUT2D eigenvalue weighted by Gasteiger charge is -2.69. The van der Waals surface area contributed by atoms with Gasteiger partial charge in [0.15, 0.2) is 11.6 Å². The van der Waals surface area contributed by atoms with Gasteiger partial charge >= 0.3 is 0 Å². The highest BCUT2D eigenvalue weighted by Gasteiger charge is 2.69. The monoisotopic (exact) mass is 474 g/mol. The van der Waals surface area contributed by atoms with Gasteiger partial charge in [0, 0.05) is 22.3 Å². The molecule has 188 valence electrons. The van der Waals surface area contributed by atoms with E-state index in [2.05, 4.69) is 39.1 Å². The van der Waals surface area contributed by atoms with Crippen molar-refractivity contribution in [2.45, 2.75) is 98.4 Å². The Kier molecular flexibility index (Phi) is 4.58. The maximum Gasteiger partial charge on any atom is 0.178 e. The van der Waals surface area contributed by atoms with E-state index in [-0.39, 0.29) is 45.0 Å². The predicted octanol–water partition coefficient (Wildman–Crippen LogP) is 5.93. The summed E-state index contributed by atoms with van der Waals surface area (Å²) in [7, 11) is 0. The van der Waals surface area contributed by atoms with Gasteiger partial charge in [0.2, 0.25) is 0 Å². The van der Waals surface area contributed by atoms with Gasteiger partial charge < -0.3 is 5.32 Å². The maximum absolute atomic E-state index is 14.3. The molecular formula is C31H42N2O2. The molecule has 1 saturated heterocycles. The van der Waals surface area contributed by atoms with Gasteiger partial charge in [-0.05, 0) is 92.1 Å². The minimum atomic E-state index is -0.603. The molecule has 6 rings (SSSR count). The minimum absolute atomic E-state index is 0.0353. The molecule has 1 N–H and O–H groups in total. The number of allylic oxidation sites excluding steroid dienone is 4. The summed E-state index contributed by atoms with van der Waals surface area (Å²) in [5, 5.41) is 13.6.